The highest BCUT2D eigenvalue weighted by Crippen LogP contribution is 2.34. The zero-order valence-corrected chi connectivity index (χ0v) is 11.0. The van der Waals surface area contributed by atoms with Crippen LogP contribution in [0.4, 0.5) is 16.2 Å². The van der Waals surface area contributed by atoms with E-state index in [1.807, 2.05) is 6.07 Å². The average molecular weight is 271 g/mol. The first kappa shape index (κ1) is 13.4. The zero-order valence-electron chi connectivity index (χ0n) is 11.0. The van der Waals surface area contributed by atoms with E-state index in [-0.39, 0.29) is 17.3 Å². The number of nitriles is 1. The van der Waals surface area contributed by atoms with Gasteiger partial charge in [0.15, 0.2) is 5.78 Å². The molecular weight excluding hydrogens is 258 g/mol. The van der Waals surface area contributed by atoms with E-state index >= 15 is 0 Å². The number of carbonyl (C=O) groups is 2. The molecule has 1 aliphatic heterocycles. The number of fused-ring (bicyclic) bond motifs is 1. The van der Waals surface area contributed by atoms with Crippen molar-refractivity contribution in [2.75, 3.05) is 17.3 Å². The molecule has 0 saturated heterocycles. The molecule has 0 aromatic heterocycles. The fourth-order valence-corrected chi connectivity index (χ4v) is 1.98. The molecule has 1 aromatic carbocycles. The summed E-state index contributed by atoms with van der Waals surface area (Å²) in [5.41, 5.74) is 7.17. The molecule has 4 N–H and O–H groups in total. The number of hydrogen-bond donors (Lipinski definition) is 3. The minimum absolute atomic E-state index is 0.239. The third-order valence-corrected chi connectivity index (χ3v) is 2.91. The molecule has 0 atom stereocenters. The van der Waals surface area contributed by atoms with Crippen molar-refractivity contribution in [1.82, 2.24) is 5.32 Å². The second-order valence-electron chi connectivity index (χ2n) is 4.30. The Balaban J connectivity index is 2.55. The van der Waals surface area contributed by atoms with Crippen LogP contribution in [0.25, 0.3) is 0 Å². The number of allylic oxidation sites excluding steroid dienone is 1. The minimum Gasteiger partial charge on any atom is -0.351 e. The third-order valence-electron chi connectivity index (χ3n) is 2.91. The molecule has 7 nitrogen and oxygen atoms in total. The standard InChI is InChI=1S/C13H13N5O2/c1-7(19)11-12(17-13(15)20)18(2)10-5-8(6-14)3-4-9(10)16-11/h3-5,16H,1-2H3,(H3,15,17,20). The molecule has 0 unspecified atom stereocenters. The Morgan fingerprint density at radius 3 is 2.70 bits per heavy atom. The van der Waals surface area contributed by atoms with Crippen molar-refractivity contribution in [2.24, 2.45) is 5.73 Å². The zero-order chi connectivity index (χ0) is 14.9. The highest BCUT2D eigenvalue weighted by atomic mass is 16.2. The first-order valence-electron chi connectivity index (χ1n) is 5.80. The second kappa shape index (κ2) is 4.93. The van der Waals surface area contributed by atoms with Crippen molar-refractivity contribution < 1.29 is 9.59 Å². The van der Waals surface area contributed by atoms with Gasteiger partial charge in [0.1, 0.15) is 11.5 Å². The minimum atomic E-state index is -0.771. The lowest BCUT2D eigenvalue weighted by Gasteiger charge is -2.32. The van der Waals surface area contributed by atoms with Gasteiger partial charge in [0.2, 0.25) is 0 Å². The number of rotatable bonds is 2. The highest BCUT2D eigenvalue weighted by molar-refractivity contribution is 6.01. The van der Waals surface area contributed by atoms with Crippen LogP contribution >= 0.6 is 0 Å². The van der Waals surface area contributed by atoms with Crippen LogP contribution in [0.2, 0.25) is 0 Å². The molecule has 20 heavy (non-hydrogen) atoms. The van der Waals surface area contributed by atoms with E-state index in [9.17, 15) is 9.59 Å². The molecule has 7 heteroatoms. The van der Waals surface area contributed by atoms with Crippen molar-refractivity contribution in [3.8, 4) is 6.07 Å². The summed E-state index contributed by atoms with van der Waals surface area (Å²) in [5.74, 6) is 0.0169. The number of anilines is 2. The van der Waals surface area contributed by atoms with Gasteiger partial charge in [-0.05, 0) is 18.2 Å². The van der Waals surface area contributed by atoms with Crippen LogP contribution in [0.1, 0.15) is 12.5 Å². The fourth-order valence-electron chi connectivity index (χ4n) is 1.98. The molecule has 0 fully saturated rings. The number of nitrogens with zero attached hydrogens (tertiary/aromatic N) is 2. The van der Waals surface area contributed by atoms with Crippen molar-refractivity contribution in [2.45, 2.75) is 6.92 Å². The summed E-state index contributed by atoms with van der Waals surface area (Å²) >= 11 is 0. The van der Waals surface area contributed by atoms with Gasteiger partial charge in [-0.15, -0.1) is 0 Å². The molecule has 0 aliphatic carbocycles. The fraction of sp³-hybridized carbons (Fsp3) is 0.154. The van der Waals surface area contributed by atoms with E-state index in [0.29, 0.717) is 16.9 Å². The normalized spacial score (nSPS) is 13.2. The van der Waals surface area contributed by atoms with Crippen LogP contribution in [-0.2, 0) is 4.79 Å². The second-order valence-corrected chi connectivity index (χ2v) is 4.30. The molecule has 0 radical (unpaired) electrons. The van der Waals surface area contributed by atoms with Crippen LogP contribution in [0.3, 0.4) is 0 Å². The van der Waals surface area contributed by atoms with E-state index in [1.165, 1.54) is 6.92 Å². The van der Waals surface area contributed by atoms with Crippen LogP contribution in [-0.4, -0.2) is 18.9 Å². The van der Waals surface area contributed by atoms with Crippen LogP contribution in [0.15, 0.2) is 29.7 Å². The average Bonchev–Trinajstić information content (AvgIpc) is 2.40. The largest absolute Gasteiger partial charge is 0.351 e. The number of urea groups is 1. The number of primary amides is 1. The predicted molar refractivity (Wildman–Crippen MR) is 73.6 cm³/mol. The number of ketones is 1. The van der Waals surface area contributed by atoms with E-state index in [4.69, 9.17) is 11.0 Å². The van der Waals surface area contributed by atoms with Gasteiger partial charge in [0.05, 0.1) is 23.0 Å². The summed E-state index contributed by atoms with van der Waals surface area (Å²) in [5, 5.41) is 14.3. The van der Waals surface area contributed by atoms with Crippen LogP contribution in [0.5, 0.6) is 0 Å². The maximum atomic E-state index is 11.7. The number of amides is 2. The lowest BCUT2D eigenvalue weighted by molar-refractivity contribution is -0.113. The monoisotopic (exact) mass is 271 g/mol. The lowest BCUT2D eigenvalue weighted by atomic mass is 10.1. The van der Waals surface area contributed by atoms with Gasteiger partial charge in [-0.3, -0.25) is 10.1 Å². The van der Waals surface area contributed by atoms with E-state index < -0.39 is 6.03 Å². The summed E-state index contributed by atoms with van der Waals surface area (Å²) in [6.07, 6.45) is 0. The van der Waals surface area contributed by atoms with Gasteiger partial charge >= 0.3 is 6.03 Å². The highest BCUT2D eigenvalue weighted by Gasteiger charge is 2.26. The van der Waals surface area contributed by atoms with Crippen molar-refractivity contribution in [3.05, 3.63) is 35.3 Å². The number of benzene rings is 1. The quantitative estimate of drug-likeness (QED) is 0.738. The van der Waals surface area contributed by atoms with E-state index in [2.05, 4.69) is 10.6 Å². The summed E-state index contributed by atoms with van der Waals surface area (Å²) < 4.78 is 0. The van der Waals surface area contributed by atoms with Gasteiger partial charge in [-0.25, -0.2) is 4.79 Å². The maximum Gasteiger partial charge on any atom is 0.317 e. The van der Waals surface area contributed by atoms with Gasteiger partial charge in [-0.1, -0.05) is 0 Å². The lowest BCUT2D eigenvalue weighted by Crippen LogP contribution is -2.41. The first-order valence-corrected chi connectivity index (χ1v) is 5.80. The molecular formula is C13H13N5O2. The predicted octanol–water partition coefficient (Wildman–Crippen LogP) is 0.846. The molecule has 0 spiro atoms. The van der Waals surface area contributed by atoms with Gasteiger partial charge in [0, 0.05) is 14.0 Å². The van der Waals surface area contributed by atoms with Crippen molar-refractivity contribution in [1.29, 1.82) is 5.26 Å². The number of nitrogens with one attached hydrogen (secondary N) is 2. The van der Waals surface area contributed by atoms with Gasteiger partial charge in [-0.2, -0.15) is 5.26 Å². The Bertz CT molecular complexity index is 672. The summed E-state index contributed by atoms with van der Waals surface area (Å²) in [4.78, 5) is 24.4. The van der Waals surface area contributed by atoms with Crippen molar-refractivity contribution in [3.63, 3.8) is 0 Å². The summed E-state index contributed by atoms with van der Waals surface area (Å²) in [6.45, 7) is 1.38. The number of carbonyl (C=O) groups excluding carboxylic acids is 2. The third kappa shape index (κ3) is 2.27. The van der Waals surface area contributed by atoms with Gasteiger partial charge < -0.3 is 16.0 Å². The van der Waals surface area contributed by atoms with Gasteiger partial charge in [0.25, 0.3) is 0 Å². The summed E-state index contributed by atoms with van der Waals surface area (Å²) in [7, 11) is 1.68. The Hall–Kier alpha value is -3.01. The number of hydrogen-bond acceptors (Lipinski definition) is 5. The molecule has 1 heterocycles. The first-order chi connectivity index (χ1) is 9.43. The van der Waals surface area contributed by atoms with Crippen LogP contribution < -0.4 is 21.3 Å². The van der Waals surface area contributed by atoms with E-state index in [0.717, 1.165) is 0 Å². The SMILES string of the molecule is CC(=O)C1=C(NC(N)=O)N(C)c2cc(C#N)ccc2N1. The Labute approximate surface area is 115 Å². The Kier molecular flexibility index (Phi) is 3.31. The summed E-state index contributed by atoms with van der Waals surface area (Å²) in [6, 6.07) is 6.27. The Morgan fingerprint density at radius 1 is 1.45 bits per heavy atom. The Morgan fingerprint density at radius 2 is 2.15 bits per heavy atom. The molecule has 2 rings (SSSR count). The molecule has 0 bridgehead atoms. The van der Waals surface area contributed by atoms with E-state index in [1.54, 1.807) is 30.1 Å². The van der Waals surface area contributed by atoms with Crippen LogP contribution in [0, 0.1) is 11.3 Å². The number of Topliss-reactive ketones (excluding diaryl/α,β-unsaturated/α-hetero) is 1. The molecule has 2 amide bonds. The molecule has 102 valence electrons. The topological polar surface area (TPSA) is 111 Å². The number of nitrogens with two attached hydrogens (primary N) is 1. The van der Waals surface area contributed by atoms with Crippen molar-refractivity contribution >= 4 is 23.2 Å². The smallest absolute Gasteiger partial charge is 0.317 e. The maximum absolute atomic E-state index is 11.7. The molecule has 0 saturated carbocycles. The molecule has 1 aromatic rings. The molecule has 1 aliphatic rings.